The fraction of sp³-hybridized carbons (Fsp3) is 0.381. The lowest BCUT2D eigenvalue weighted by molar-refractivity contribution is 0.187. The van der Waals surface area contributed by atoms with Crippen molar-refractivity contribution in [2.24, 2.45) is 0 Å². The maximum absolute atomic E-state index is 9.48. The molecule has 2 heterocycles. The number of nitriles is 2. The van der Waals surface area contributed by atoms with Crippen LogP contribution in [0.1, 0.15) is 43.5 Å². The first kappa shape index (κ1) is 21.8. The van der Waals surface area contributed by atoms with Crippen molar-refractivity contribution in [2.75, 3.05) is 17.2 Å². The molecule has 0 atom stereocenters. The minimum Gasteiger partial charge on any atom is -0.394 e. The predicted octanol–water partition coefficient (Wildman–Crippen LogP) is 2.70. The SMILES string of the molecule is CC(C)(CO)NCc1cc(C#N)cc(Nc2nc(NC3CC3)c3ncc(C#N)n3n2)c1Cl. The third-order valence-electron chi connectivity index (χ3n) is 5.07. The fourth-order valence-electron chi connectivity index (χ4n) is 3.01. The Labute approximate surface area is 189 Å². The van der Waals surface area contributed by atoms with E-state index in [9.17, 15) is 15.6 Å². The van der Waals surface area contributed by atoms with Gasteiger partial charge in [0.25, 0.3) is 0 Å². The van der Waals surface area contributed by atoms with E-state index in [1.165, 1.54) is 10.7 Å². The van der Waals surface area contributed by atoms with Crippen molar-refractivity contribution in [1.82, 2.24) is 24.9 Å². The van der Waals surface area contributed by atoms with Gasteiger partial charge >= 0.3 is 0 Å². The Kier molecular flexibility index (Phi) is 5.85. The van der Waals surface area contributed by atoms with E-state index in [0.29, 0.717) is 45.9 Å². The number of nitrogens with one attached hydrogen (secondary N) is 3. The Morgan fingerprint density at radius 2 is 2.06 bits per heavy atom. The second-order valence-electron chi connectivity index (χ2n) is 8.32. The molecular weight excluding hydrogens is 430 g/mol. The molecule has 164 valence electrons. The average Bonchev–Trinajstić information content (AvgIpc) is 3.50. The number of hydrogen-bond acceptors (Lipinski definition) is 9. The molecule has 4 rings (SSSR count). The summed E-state index contributed by atoms with van der Waals surface area (Å²) in [7, 11) is 0. The lowest BCUT2D eigenvalue weighted by Gasteiger charge is -2.24. The van der Waals surface area contributed by atoms with Crippen LogP contribution in [0.25, 0.3) is 5.65 Å². The third kappa shape index (κ3) is 4.58. The number of aliphatic hydroxyl groups is 1. The highest BCUT2D eigenvalue weighted by atomic mass is 35.5. The van der Waals surface area contributed by atoms with E-state index in [0.717, 1.165) is 12.8 Å². The van der Waals surface area contributed by atoms with Gasteiger partial charge < -0.3 is 21.1 Å². The van der Waals surface area contributed by atoms with E-state index >= 15 is 0 Å². The predicted molar refractivity (Wildman–Crippen MR) is 120 cm³/mol. The molecule has 0 spiro atoms. The largest absolute Gasteiger partial charge is 0.394 e. The van der Waals surface area contributed by atoms with Crippen LogP contribution in [0.15, 0.2) is 18.3 Å². The monoisotopic (exact) mass is 451 g/mol. The molecule has 0 aliphatic heterocycles. The van der Waals surface area contributed by atoms with Crippen molar-refractivity contribution in [3.8, 4) is 12.1 Å². The normalized spacial score (nSPS) is 13.6. The number of nitrogens with zero attached hydrogens (tertiary/aromatic N) is 6. The molecule has 4 N–H and O–H groups in total. The van der Waals surface area contributed by atoms with Crippen LogP contribution in [0.4, 0.5) is 17.5 Å². The molecule has 0 radical (unpaired) electrons. The molecule has 1 aliphatic carbocycles. The molecule has 0 saturated heterocycles. The van der Waals surface area contributed by atoms with E-state index in [4.69, 9.17) is 11.6 Å². The molecule has 11 heteroatoms. The number of aromatic nitrogens is 4. The summed E-state index contributed by atoms with van der Waals surface area (Å²) >= 11 is 6.63. The number of benzene rings is 1. The quantitative estimate of drug-likeness (QED) is 0.405. The zero-order chi connectivity index (χ0) is 22.9. The van der Waals surface area contributed by atoms with Crippen LogP contribution >= 0.6 is 11.6 Å². The second kappa shape index (κ2) is 8.60. The Morgan fingerprint density at radius 1 is 1.28 bits per heavy atom. The van der Waals surface area contributed by atoms with E-state index in [2.05, 4.69) is 43.2 Å². The summed E-state index contributed by atoms with van der Waals surface area (Å²) < 4.78 is 1.42. The van der Waals surface area contributed by atoms with Crippen molar-refractivity contribution in [3.05, 3.63) is 40.2 Å². The highest BCUT2D eigenvalue weighted by Crippen LogP contribution is 2.31. The van der Waals surface area contributed by atoms with Crippen LogP contribution in [0.2, 0.25) is 5.02 Å². The molecule has 0 amide bonds. The number of aliphatic hydroxyl groups excluding tert-OH is 1. The molecule has 0 bridgehead atoms. The molecule has 10 nitrogen and oxygen atoms in total. The summed E-state index contributed by atoms with van der Waals surface area (Å²) in [6.07, 6.45) is 3.53. The van der Waals surface area contributed by atoms with Gasteiger partial charge in [0, 0.05) is 18.1 Å². The van der Waals surface area contributed by atoms with Gasteiger partial charge in [-0.25, -0.2) is 4.98 Å². The van der Waals surface area contributed by atoms with Gasteiger partial charge in [0.2, 0.25) is 5.95 Å². The van der Waals surface area contributed by atoms with Crippen molar-refractivity contribution in [3.63, 3.8) is 0 Å². The van der Waals surface area contributed by atoms with Crippen LogP contribution in [-0.4, -0.2) is 42.9 Å². The molecule has 0 unspecified atom stereocenters. The van der Waals surface area contributed by atoms with Gasteiger partial charge in [-0.1, -0.05) is 11.6 Å². The summed E-state index contributed by atoms with van der Waals surface area (Å²) in [5, 5.41) is 42.8. The van der Waals surface area contributed by atoms with Gasteiger partial charge in [-0.2, -0.15) is 20.0 Å². The Morgan fingerprint density at radius 3 is 2.72 bits per heavy atom. The molecular formula is C21H22ClN9O. The minimum absolute atomic E-state index is 0.0512. The Bertz CT molecular complexity index is 1250. The first-order chi connectivity index (χ1) is 15.3. The molecule has 1 fully saturated rings. The van der Waals surface area contributed by atoms with Crippen LogP contribution in [0.5, 0.6) is 0 Å². The number of anilines is 3. The first-order valence-electron chi connectivity index (χ1n) is 10.1. The van der Waals surface area contributed by atoms with Gasteiger partial charge in [0.15, 0.2) is 17.2 Å². The van der Waals surface area contributed by atoms with E-state index in [-0.39, 0.29) is 18.2 Å². The standard InChI is InChI=1S/C21H22ClN9O/c1-21(2,11-32)26-9-13-5-12(7-23)6-16(17(13)22)28-20-29-18(27-14-3-4-14)19-25-10-15(8-24)31(19)30-20/h5-6,10,14,26,32H,3-4,9,11H2,1-2H3,(H2,27,28,29,30). The Hall–Kier alpha value is -3.44. The zero-order valence-electron chi connectivity index (χ0n) is 17.6. The van der Waals surface area contributed by atoms with Crippen LogP contribution in [0.3, 0.4) is 0 Å². The number of halogens is 1. The number of fused-ring (bicyclic) bond motifs is 1. The fourth-order valence-corrected chi connectivity index (χ4v) is 3.23. The molecule has 3 aromatic rings. The molecule has 1 saturated carbocycles. The van der Waals surface area contributed by atoms with Crippen molar-refractivity contribution in [2.45, 2.75) is 44.8 Å². The summed E-state index contributed by atoms with van der Waals surface area (Å²) in [5.41, 5.74) is 1.79. The van der Waals surface area contributed by atoms with E-state index in [1.807, 2.05) is 13.8 Å². The Balaban J connectivity index is 1.71. The summed E-state index contributed by atoms with van der Waals surface area (Å²) in [5.74, 6) is 0.729. The summed E-state index contributed by atoms with van der Waals surface area (Å²) in [6, 6.07) is 7.84. The van der Waals surface area contributed by atoms with Gasteiger partial charge in [-0.15, -0.1) is 5.10 Å². The second-order valence-corrected chi connectivity index (χ2v) is 8.70. The topological polar surface area (TPSA) is 147 Å². The smallest absolute Gasteiger partial charge is 0.247 e. The van der Waals surface area contributed by atoms with E-state index in [1.54, 1.807) is 12.1 Å². The zero-order valence-corrected chi connectivity index (χ0v) is 18.4. The summed E-state index contributed by atoms with van der Waals surface area (Å²) in [4.78, 5) is 8.79. The molecule has 1 aliphatic rings. The third-order valence-corrected chi connectivity index (χ3v) is 5.52. The minimum atomic E-state index is -0.508. The van der Waals surface area contributed by atoms with Gasteiger partial charge in [-0.05, 0) is 44.4 Å². The van der Waals surface area contributed by atoms with Crippen LogP contribution in [-0.2, 0) is 6.54 Å². The van der Waals surface area contributed by atoms with Crippen molar-refractivity contribution >= 4 is 34.7 Å². The summed E-state index contributed by atoms with van der Waals surface area (Å²) in [6.45, 7) is 4.03. The van der Waals surface area contributed by atoms with Gasteiger partial charge in [-0.3, -0.25) is 0 Å². The highest BCUT2D eigenvalue weighted by molar-refractivity contribution is 6.34. The number of rotatable bonds is 8. The van der Waals surface area contributed by atoms with E-state index < -0.39 is 5.54 Å². The van der Waals surface area contributed by atoms with Crippen LogP contribution in [0, 0.1) is 22.7 Å². The maximum Gasteiger partial charge on any atom is 0.247 e. The van der Waals surface area contributed by atoms with Gasteiger partial charge in [0.1, 0.15) is 6.07 Å². The number of imidazole rings is 1. The lowest BCUT2D eigenvalue weighted by atomic mass is 10.1. The maximum atomic E-state index is 9.48. The highest BCUT2D eigenvalue weighted by Gasteiger charge is 2.24. The first-order valence-corrected chi connectivity index (χ1v) is 10.5. The van der Waals surface area contributed by atoms with Crippen LogP contribution < -0.4 is 16.0 Å². The van der Waals surface area contributed by atoms with Crippen molar-refractivity contribution < 1.29 is 5.11 Å². The van der Waals surface area contributed by atoms with Gasteiger partial charge in [0.05, 0.1) is 35.1 Å². The molecule has 1 aromatic carbocycles. The lowest BCUT2D eigenvalue weighted by Crippen LogP contribution is -2.42. The van der Waals surface area contributed by atoms with Crippen molar-refractivity contribution in [1.29, 1.82) is 10.5 Å². The molecule has 32 heavy (non-hydrogen) atoms. The average molecular weight is 452 g/mol. The molecule has 2 aromatic heterocycles. The number of hydrogen-bond donors (Lipinski definition) is 4.